The fourth-order valence-corrected chi connectivity index (χ4v) is 4.13. The highest BCUT2D eigenvalue weighted by Crippen LogP contribution is 2.25. The summed E-state index contributed by atoms with van der Waals surface area (Å²) in [4.78, 5) is 26.9. The molecule has 1 saturated heterocycles. The average molecular weight is 405 g/mol. The first kappa shape index (κ1) is 19.8. The van der Waals surface area contributed by atoms with Gasteiger partial charge in [-0.15, -0.1) is 0 Å². The maximum Gasteiger partial charge on any atom is 0.293 e. The van der Waals surface area contributed by atoms with E-state index in [0.29, 0.717) is 24.3 Å². The number of amides is 1. The molecule has 1 amide bonds. The van der Waals surface area contributed by atoms with E-state index in [1.807, 2.05) is 0 Å². The highest BCUT2D eigenvalue weighted by Gasteiger charge is 2.26. The summed E-state index contributed by atoms with van der Waals surface area (Å²) in [6.45, 7) is 3.91. The lowest BCUT2D eigenvalue weighted by molar-refractivity contribution is -0.917. The first-order valence-corrected chi connectivity index (χ1v) is 10.1. The van der Waals surface area contributed by atoms with Crippen LogP contribution < -0.4 is 10.2 Å². The molecule has 7 nitrogen and oxygen atoms in total. The van der Waals surface area contributed by atoms with Crippen LogP contribution in [0.1, 0.15) is 15.9 Å². The summed E-state index contributed by atoms with van der Waals surface area (Å²) in [7, 11) is 1.63. The largest absolute Gasteiger partial charge is 0.383 e. The highest BCUT2D eigenvalue weighted by atomic mass is 16.6. The molecule has 1 aliphatic rings. The molecule has 0 aliphatic carbocycles. The first-order chi connectivity index (χ1) is 14.6. The van der Waals surface area contributed by atoms with Crippen LogP contribution in [0, 0.1) is 10.1 Å². The van der Waals surface area contributed by atoms with Crippen molar-refractivity contribution >= 4 is 28.1 Å². The molecule has 1 aliphatic heterocycles. The van der Waals surface area contributed by atoms with Crippen molar-refractivity contribution in [2.24, 2.45) is 0 Å². The van der Waals surface area contributed by atoms with Gasteiger partial charge in [-0.05, 0) is 22.9 Å². The van der Waals surface area contributed by atoms with Crippen LogP contribution in [0.25, 0.3) is 10.8 Å². The minimum atomic E-state index is -0.463. The molecule has 0 saturated carbocycles. The smallest absolute Gasteiger partial charge is 0.293 e. The summed E-state index contributed by atoms with van der Waals surface area (Å²) < 4.78 is 0. The molecule has 7 heteroatoms. The number of hydrogen-bond acceptors (Lipinski definition) is 4. The second kappa shape index (κ2) is 8.51. The summed E-state index contributed by atoms with van der Waals surface area (Å²) in [5, 5.41) is 16.6. The van der Waals surface area contributed by atoms with Crippen molar-refractivity contribution < 1.29 is 14.6 Å². The summed E-state index contributed by atoms with van der Waals surface area (Å²) in [6, 6.07) is 19.4. The number of carbonyl (C=O) groups excluding carboxylic acids is 1. The fourth-order valence-electron chi connectivity index (χ4n) is 4.13. The molecule has 1 heterocycles. The molecule has 154 valence electrons. The van der Waals surface area contributed by atoms with Gasteiger partial charge < -0.3 is 15.1 Å². The maximum absolute atomic E-state index is 12.9. The van der Waals surface area contributed by atoms with Crippen molar-refractivity contribution in [2.45, 2.75) is 6.54 Å². The monoisotopic (exact) mass is 405 g/mol. The lowest BCUT2D eigenvalue weighted by Crippen LogP contribution is -3.13. The van der Waals surface area contributed by atoms with Gasteiger partial charge >= 0.3 is 0 Å². The molecule has 0 aromatic heterocycles. The third-order valence-corrected chi connectivity index (χ3v) is 5.79. The van der Waals surface area contributed by atoms with Gasteiger partial charge in [0, 0.05) is 24.2 Å². The number of hydrogen-bond donors (Lipinski definition) is 2. The summed E-state index contributed by atoms with van der Waals surface area (Å²) in [5.74, 6) is -0.148. The van der Waals surface area contributed by atoms with E-state index in [0.717, 1.165) is 19.6 Å². The van der Waals surface area contributed by atoms with Gasteiger partial charge in [-0.25, -0.2) is 0 Å². The molecule has 3 aromatic rings. The van der Waals surface area contributed by atoms with E-state index in [-0.39, 0.29) is 11.6 Å². The van der Waals surface area contributed by atoms with Crippen LogP contribution in [0.3, 0.4) is 0 Å². The summed E-state index contributed by atoms with van der Waals surface area (Å²) >= 11 is 0. The zero-order valence-corrected chi connectivity index (χ0v) is 16.9. The molecule has 1 fully saturated rings. The third kappa shape index (κ3) is 3.97. The van der Waals surface area contributed by atoms with Crippen molar-refractivity contribution in [3.8, 4) is 0 Å². The van der Waals surface area contributed by atoms with Gasteiger partial charge in [0.15, 0.2) is 0 Å². The van der Waals surface area contributed by atoms with E-state index in [1.165, 1.54) is 27.3 Å². The number of nitrogens with zero attached hydrogens (tertiary/aromatic N) is 2. The zero-order valence-electron chi connectivity index (χ0n) is 16.9. The number of anilines is 1. The van der Waals surface area contributed by atoms with Crippen molar-refractivity contribution in [1.82, 2.24) is 4.90 Å². The second-order valence-electron chi connectivity index (χ2n) is 7.60. The summed E-state index contributed by atoms with van der Waals surface area (Å²) in [6.07, 6.45) is 0. The number of rotatable bonds is 5. The Labute approximate surface area is 175 Å². The molecule has 0 atom stereocenters. The predicted molar refractivity (Wildman–Crippen MR) is 117 cm³/mol. The number of fused-ring (bicyclic) bond motifs is 1. The highest BCUT2D eigenvalue weighted by molar-refractivity contribution is 5.95. The molecule has 0 radical (unpaired) electrons. The van der Waals surface area contributed by atoms with E-state index in [4.69, 9.17) is 0 Å². The minimum absolute atomic E-state index is 0.0800. The fraction of sp³-hybridized carbons (Fsp3) is 0.261. The maximum atomic E-state index is 12.9. The molecule has 3 aromatic carbocycles. The van der Waals surface area contributed by atoms with Gasteiger partial charge in [-0.3, -0.25) is 14.9 Å². The van der Waals surface area contributed by atoms with E-state index >= 15 is 0 Å². The lowest BCUT2D eigenvalue weighted by Gasteiger charge is -2.32. The molecule has 0 spiro atoms. The van der Waals surface area contributed by atoms with Crippen molar-refractivity contribution in [1.29, 1.82) is 0 Å². The minimum Gasteiger partial charge on any atom is -0.383 e. The van der Waals surface area contributed by atoms with Crippen LogP contribution in [0.15, 0.2) is 60.7 Å². The van der Waals surface area contributed by atoms with Crippen LogP contribution in [0.5, 0.6) is 0 Å². The molecular weight excluding hydrogens is 380 g/mol. The Hall–Kier alpha value is -3.45. The van der Waals surface area contributed by atoms with E-state index in [2.05, 4.69) is 47.8 Å². The zero-order chi connectivity index (χ0) is 21.1. The Balaban J connectivity index is 1.42. The lowest BCUT2D eigenvalue weighted by atomic mass is 10.0. The number of nitrogens with one attached hydrogen (secondary N) is 2. The second-order valence-corrected chi connectivity index (χ2v) is 7.60. The van der Waals surface area contributed by atoms with E-state index < -0.39 is 4.92 Å². The van der Waals surface area contributed by atoms with Gasteiger partial charge in [-0.1, -0.05) is 42.5 Å². The van der Waals surface area contributed by atoms with Crippen molar-refractivity contribution in [3.63, 3.8) is 0 Å². The van der Waals surface area contributed by atoms with Gasteiger partial charge in [0.1, 0.15) is 12.2 Å². The van der Waals surface area contributed by atoms with Gasteiger partial charge in [-0.2, -0.15) is 0 Å². The average Bonchev–Trinajstić information content (AvgIpc) is 2.79. The number of piperazine rings is 1. The molecule has 0 bridgehead atoms. The molecule has 30 heavy (non-hydrogen) atoms. The Morgan fingerprint density at radius 1 is 1.10 bits per heavy atom. The molecular formula is C23H25N4O3+. The first-order valence-electron chi connectivity index (χ1n) is 10.1. The third-order valence-electron chi connectivity index (χ3n) is 5.79. The SMILES string of the molecule is CNc1ccc(C(=O)N2CC[NH+](Cc3cccc4ccccc34)CC2)cc1[N+](=O)[O-]. The Morgan fingerprint density at radius 3 is 2.57 bits per heavy atom. The van der Waals surface area contributed by atoms with Crippen LogP contribution in [-0.2, 0) is 6.54 Å². The number of benzene rings is 3. The van der Waals surface area contributed by atoms with Crippen LogP contribution >= 0.6 is 0 Å². The van der Waals surface area contributed by atoms with Crippen LogP contribution in [0.2, 0.25) is 0 Å². The number of nitro benzene ring substituents is 1. The van der Waals surface area contributed by atoms with Gasteiger partial charge in [0.05, 0.1) is 31.1 Å². The van der Waals surface area contributed by atoms with Crippen LogP contribution in [0.4, 0.5) is 11.4 Å². The van der Waals surface area contributed by atoms with Crippen molar-refractivity contribution in [2.75, 3.05) is 38.5 Å². The Kier molecular flexibility index (Phi) is 5.63. The number of quaternary nitrogens is 1. The van der Waals surface area contributed by atoms with Crippen molar-refractivity contribution in [3.05, 3.63) is 81.9 Å². The number of nitro groups is 1. The molecule has 0 unspecified atom stereocenters. The van der Waals surface area contributed by atoms with E-state index in [9.17, 15) is 14.9 Å². The van der Waals surface area contributed by atoms with Gasteiger partial charge in [0.25, 0.3) is 11.6 Å². The van der Waals surface area contributed by atoms with Crippen LogP contribution in [-0.4, -0.2) is 49.0 Å². The van der Waals surface area contributed by atoms with E-state index in [1.54, 1.807) is 24.1 Å². The quantitative estimate of drug-likeness (QED) is 0.504. The normalized spacial score (nSPS) is 14.6. The number of carbonyl (C=O) groups is 1. The van der Waals surface area contributed by atoms with Gasteiger partial charge in [0.2, 0.25) is 0 Å². The standard InChI is InChI=1S/C23H24N4O3/c1-24-21-10-9-18(15-22(21)27(29)30)23(28)26-13-11-25(12-14-26)16-19-7-4-6-17-5-2-3-8-20(17)19/h2-10,15,24H,11-14,16H2,1H3/p+1. The predicted octanol–water partition coefficient (Wildman–Crippen LogP) is 2.33. The summed E-state index contributed by atoms with van der Waals surface area (Å²) in [5.41, 5.74) is 2.00. The Bertz CT molecular complexity index is 1090. The Morgan fingerprint density at radius 2 is 1.83 bits per heavy atom. The topological polar surface area (TPSA) is 79.9 Å². The molecule has 4 rings (SSSR count). The molecule has 2 N–H and O–H groups in total.